The molecule has 0 aromatic heterocycles. The molecular formula is C10H21N3O3S. The molecule has 0 aromatic rings. The monoisotopic (exact) mass is 263 g/mol. The van der Waals surface area contributed by atoms with Crippen molar-refractivity contribution in [1.82, 2.24) is 5.32 Å². The molecule has 0 aromatic carbocycles. The third-order valence-electron chi connectivity index (χ3n) is 2.33. The molecule has 1 amide bonds. The second-order valence-electron chi connectivity index (χ2n) is 3.97. The lowest BCUT2D eigenvalue weighted by Crippen LogP contribution is -2.42. The Labute approximate surface area is 104 Å². The van der Waals surface area contributed by atoms with Crippen molar-refractivity contribution < 1.29 is 14.2 Å². The van der Waals surface area contributed by atoms with Gasteiger partial charge in [-0.3, -0.25) is 9.00 Å². The third-order valence-corrected chi connectivity index (χ3v) is 3.64. The van der Waals surface area contributed by atoms with Crippen LogP contribution in [-0.4, -0.2) is 39.2 Å². The number of carbonyl (C=O) groups excluding carboxylic acids is 1. The van der Waals surface area contributed by atoms with E-state index >= 15 is 0 Å². The van der Waals surface area contributed by atoms with Crippen molar-refractivity contribution in [3.8, 4) is 0 Å². The Bertz CT molecular complexity index is 305. The topological polar surface area (TPSA) is 105 Å². The molecular weight excluding hydrogens is 242 g/mol. The van der Waals surface area contributed by atoms with Gasteiger partial charge in [0.15, 0.2) is 5.84 Å². The van der Waals surface area contributed by atoms with Crippen molar-refractivity contribution in [3.63, 3.8) is 0 Å². The quantitative estimate of drug-likeness (QED) is 0.258. The smallest absolute Gasteiger partial charge is 0.231 e. The van der Waals surface area contributed by atoms with Crippen LogP contribution in [0.3, 0.4) is 0 Å². The molecule has 2 atom stereocenters. The zero-order valence-electron chi connectivity index (χ0n) is 10.5. The Hall–Kier alpha value is -1.11. The van der Waals surface area contributed by atoms with E-state index in [1.807, 2.05) is 20.8 Å². The van der Waals surface area contributed by atoms with Crippen LogP contribution in [0.1, 0.15) is 20.8 Å². The summed E-state index contributed by atoms with van der Waals surface area (Å²) in [5.41, 5.74) is 5.46. The van der Waals surface area contributed by atoms with Gasteiger partial charge in [0.05, 0.1) is 0 Å². The van der Waals surface area contributed by atoms with E-state index in [4.69, 9.17) is 10.9 Å². The summed E-state index contributed by atoms with van der Waals surface area (Å²) in [4.78, 5) is 11.8. The second-order valence-corrected chi connectivity index (χ2v) is 5.84. The van der Waals surface area contributed by atoms with E-state index in [0.717, 1.165) is 0 Å². The van der Waals surface area contributed by atoms with Gasteiger partial charge < -0.3 is 16.3 Å². The molecule has 0 saturated carbocycles. The molecule has 0 aliphatic heterocycles. The molecule has 6 nitrogen and oxygen atoms in total. The number of nitrogens with one attached hydrogen (secondary N) is 1. The number of oxime groups is 1. The Balaban J connectivity index is 4.31. The first-order valence-corrected chi connectivity index (χ1v) is 7.02. The molecule has 7 heteroatoms. The van der Waals surface area contributed by atoms with Crippen molar-refractivity contribution in [2.75, 3.05) is 18.1 Å². The molecule has 0 aliphatic carbocycles. The molecule has 0 heterocycles. The van der Waals surface area contributed by atoms with Gasteiger partial charge in [-0.25, -0.2) is 0 Å². The molecule has 0 rings (SSSR count). The van der Waals surface area contributed by atoms with Crippen molar-refractivity contribution >= 4 is 22.5 Å². The van der Waals surface area contributed by atoms with Crippen LogP contribution in [0.5, 0.6) is 0 Å². The van der Waals surface area contributed by atoms with Gasteiger partial charge in [0.2, 0.25) is 5.91 Å². The van der Waals surface area contributed by atoms with Crippen molar-refractivity contribution in [1.29, 1.82) is 0 Å². The van der Waals surface area contributed by atoms with E-state index in [1.165, 1.54) is 0 Å². The summed E-state index contributed by atoms with van der Waals surface area (Å²) in [5.74, 6) is -0.136. The largest absolute Gasteiger partial charge is 0.409 e. The molecule has 0 bridgehead atoms. The number of nitrogens with zero attached hydrogens (tertiary/aromatic N) is 1. The van der Waals surface area contributed by atoms with Gasteiger partial charge in [0, 0.05) is 28.9 Å². The Morgan fingerprint density at radius 3 is 2.53 bits per heavy atom. The average molecular weight is 263 g/mol. The minimum atomic E-state index is -0.905. The minimum absolute atomic E-state index is 0.0671. The van der Waals surface area contributed by atoms with E-state index < -0.39 is 16.7 Å². The third kappa shape index (κ3) is 5.67. The number of rotatable bonds is 7. The average Bonchev–Trinajstić information content (AvgIpc) is 2.28. The van der Waals surface area contributed by atoms with Gasteiger partial charge in [0.1, 0.15) is 5.92 Å². The molecule has 0 radical (unpaired) electrons. The number of amides is 1. The number of hydrogen-bond donors (Lipinski definition) is 3. The first-order chi connectivity index (χ1) is 7.93. The fraction of sp³-hybridized carbons (Fsp3) is 0.800. The summed E-state index contributed by atoms with van der Waals surface area (Å²) in [6, 6.07) is 0. The van der Waals surface area contributed by atoms with Crippen molar-refractivity contribution in [2.24, 2.45) is 22.7 Å². The van der Waals surface area contributed by atoms with Gasteiger partial charge in [0.25, 0.3) is 0 Å². The first kappa shape index (κ1) is 15.9. The van der Waals surface area contributed by atoms with Crippen LogP contribution in [0.4, 0.5) is 0 Å². The highest BCUT2D eigenvalue weighted by Gasteiger charge is 2.26. The molecule has 100 valence electrons. The fourth-order valence-electron chi connectivity index (χ4n) is 1.38. The predicted octanol–water partition coefficient (Wildman–Crippen LogP) is -0.110. The normalized spacial score (nSPS) is 15.6. The highest BCUT2D eigenvalue weighted by atomic mass is 32.2. The lowest BCUT2D eigenvalue weighted by molar-refractivity contribution is -0.123. The highest BCUT2D eigenvalue weighted by molar-refractivity contribution is 7.84. The second kappa shape index (κ2) is 8.05. The van der Waals surface area contributed by atoms with Crippen LogP contribution in [0.2, 0.25) is 0 Å². The fourth-order valence-corrected chi connectivity index (χ4v) is 2.00. The Morgan fingerprint density at radius 1 is 1.53 bits per heavy atom. The van der Waals surface area contributed by atoms with E-state index in [0.29, 0.717) is 18.1 Å². The van der Waals surface area contributed by atoms with Crippen LogP contribution in [-0.2, 0) is 15.6 Å². The van der Waals surface area contributed by atoms with E-state index in [-0.39, 0.29) is 17.7 Å². The zero-order valence-corrected chi connectivity index (χ0v) is 11.3. The van der Waals surface area contributed by atoms with Gasteiger partial charge in [-0.2, -0.15) is 0 Å². The summed E-state index contributed by atoms with van der Waals surface area (Å²) < 4.78 is 11.2. The Morgan fingerprint density at radius 2 is 2.12 bits per heavy atom. The molecule has 4 N–H and O–H groups in total. The standard InChI is InChI=1S/C10H21N3O3S/c1-4-17(16)6-5-12-10(14)8(7(2)3)9(11)13-15/h7-8,15H,4-6H2,1-3H3,(H2,11,13)(H,12,14). The molecule has 0 fully saturated rings. The number of nitrogens with two attached hydrogens (primary N) is 1. The zero-order chi connectivity index (χ0) is 13.4. The highest BCUT2D eigenvalue weighted by Crippen LogP contribution is 2.10. The minimum Gasteiger partial charge on any atom is -0.409 e. The van der Waals surface area contributed by atoms with Crippen molar-refractivity contribution in [3.05, 3.63) is 0 Å². The van der Waals surface area contributed by atoms with Gasteiger partial charge >= 0.3 is 0 Å². The predicted molar refractivity (Wildman–Crippen MR) is 68.3 cm³/mol. The van der Waals surface area contributed by atoms with E-state index in [9.17, 15) is 9.00 Å². The van der Waals surface area contributed by atoms with Crippen LogP contribution in [0.25, 0.3) is 0 Å². The van der Waals surface area contributed by atoms with Crippen molar-refractivity contribution in [2.45, 2.75) is 20.8 Å². The van der Waals surface area contributed by atoms with E-state index in [1.54, 1.807) is 0 Å². The van der Waals surface area contributed by atoms with Crippen LogP contribution >= 0.6 is 0 Å². The van der Waals surface area contributed by atoms with Crippen LogP contribution in [0.15, 0.2) is 5.16 Å². The number of amidine groups is 1. The molecule has 0 saturated heterocycles. The van der Waals surface area contributed by atoms with Gasteiger partial charge in [-0.05, 0) is 5.92 Å². The number of hydrogen-bond acceptors (Lipinski definition) is 4. The first-order valence-electron chi connectivity index (χ1n) is 5.54. The molecule has 0 spiro atoms. The van der Waals surface area contributed by atoms with E-state index in [2.05, 4.69) is 10.5 Å². The maximum Gasteiger partial charge on any atom is 0.231 e. The summed E-state index contributed by atoms with van der Waals surface area (Å²) in [6.07, 6.45) is 0. The molecule has 0 aliphatic rings. The SMILES string of the molecule is CCS(=O)CCNC(=O)C(C(N)=NO)C(C)C. The van der Waals surface area contributed by atoms with Crippen LogP contribution in [0, 0.1) is 11.8 Å². The lowest BCUT2D eigenvalue weighted by Gasteiger charge is -2.18. The summed E-state index contributed by atoms with van der Waals surface area (Å²) in [7, 11) is -0.905. The summed E-state index contributed by atoms with van der Waals surface area (Å²) in [5, 5.41) is 14.1. The van der Waals surface area contributed by atoms with Gasteiger partial charge in [-0.1, -0.05) is 25.9 Å². The number of carbonyl (C=O) groups is 1. The summed E-state index contributed by atoms with van der Waals surface area (Å²) in [6.45, 7) is 5.78. The maximum absolute atomic E-state index is 11.8. The summed E-state index contributed by atoms with van der Waals surface area (Å²) >= 11 is 0. The maximum atomic E-state index is 11.8. The Kier molecular flexibility index (Phi) is 7.53. The lowest BCUT2D eigenvalue weighted by atomic mass is 9.94. The molecule has 17 heavy (non-hydrogen) atoms. The van der Waals surface area contributed by atoms with Gasteiger partial charge in [-0.15, -0.1) is 0 Å². The molecule has 2 unspecified atom stereocenters. The van der Waals surface area contributed by atoms with Crippen LogP contribution < -0.4 is 11.1 Å².